The maximum absolute atomic E-state index is 9.99. The Hall–Kier alpha value is -0.120. The maximum atomic E-state index is 9.99. The van der Waals surface area contributed by atoms with Gasteiger partial charge in [0.15, 0.2) is 0 Å². The molecule has 0 unspecified atom stereocenters. The minimum atomic E-state index is -0.0881. The Balaban J connectivity index is 1.99. The van der Waals surface area contributed by atoms with E-state index in [4.69, 9.17) is 0 Å². The topological polar surface area (TPSA) is 26.7 Å². The molecule has 0 aliphatic carbocycles. The van der Waals surface area contributed by atoms with Crippen LogP contribution in [0.15, 0.2) is 0 Å². The van der Waals surface area contributed by atoms with Crippen molar-refractivity contribution >= 4 is 0 Å². The van der Waals surface area contributed by atoms with E-state index < -0.39 is 0 Å². The van der Waals surface area contributed by atoms with E-state index in [2.05, 4.69) is 37.6 Å². The number of hydrogen-bond acceptors (Lipinski definition) is 3. The van der Waals surface area contributed by atoms with Gasteiger partial charge in [-0.25, -0.2) is 0 Å². The highest BCUT2D eigenvalue weighted by molar-refractivity contribution is 4.70. The molecule has 1 saturated heterocycles. The molecule has 0 aromatic rings. The summed E-state index contributed by atoms with van der Waals surface area (Å²) in [5.74, 6) is 0. The van der Waals surface area contributed by atoms with Gasteiger partial charge in [-0.1, -0.05) is 27.2 Å². The normalized spacial score (nSPS) is 20.7. The first-order valence-electron chi connectivity index (χ1n) is 7.96. The van der Waals surface area contributed by atoms with Crippen molar-refractivity contribution in [1.82, 2.24) is 9.80 Å². The highest BCUT2D eigenvalue weighted by Gasteiger charge is 2.14. The summed E-state index contributed by atoms with van der Waals surface area (Å²) >= 11 is 0. The molecule has 0 aromatic carbocycles. The summed E-state index contributed by atoms with van der Waals surface area (Å²) in [6.07, 6.45) is 5.35. The standard InChI is InChI=1S/C16H34N2O/c1-16(2,3)9-5-7-15(19)8-6-10-18-13-11-17(4)12-14-18/h15,19H,5-14H2,1-4H3/t15-/m1/s1. The van der Waals surface area contributed by atoms with Crippen LogP contribution in [0.5, 0.6) is 0 Å². The molecule has 1 heterocycles. The number of aliphatic hydroxyl groups is 1. The third kappa shape index (κ3) is 8.61. The zero-order valence-corrected chi connectivity index (χ0v) is 13.5. The van der Waals surface area contributed by atoms with Gasteiger partial charge in [-0.2, -0.15) is 0 Å². The van der Waals surface area contributed by atoms with Gasteiger partial charge in [0.25, 0.3) is 0 Å². The smallest absolute Gasteiger partial charge is 0.0540 e. The van der Waals surface area contributed by atoms with E-state index in [1.807, 2.05) is 0 Å². The fourth-order valence-electron chi connectivity index (χ4n) is 2.63. The van der Waals surface area contributed by atoms with Gasteiger partial charge in [-0.05, 0) is 44.7 Å². The van der Waals surface area contributed by atoms with Crippen molar-refractivity contribution in [3.8, 4) is 0 Å². The van der Waals surface area contributed by atoms with Gasteiger partial charge < -0.3 is 14.9 Å². The zero-order chi connectivity index (χ0) is 14.3. The van der Waals surface area contributed by atoms with Crippen LogP contribution in [0.3, 0.4) is 0 Å². The van der Waals surface area contributed by atoms with Gasteiger partial charge in [0.2, 0.25) is 0 Å². The Morgan fingerprint density at radius 1 is 1.00 bits per heavy atom. The molecule has 0 spiro atoms. The molecule has 114 valence electrons. The van der Waals surface area contributed by atoms with Crippen LogP contribution in [0.1, 0.15) is 52.9 Å². The molecule has 19 heavy (non-hydrogen) atoms. The number of likely N-dealkylation sites (N-methyl/N-ethyl adjacent to an activating group) is 1. The van der Waals surface area contributed by atoms with Gasteiger partial charge >= 0.3 is 0 Å². The van der Waals surface area contributed by atoms with E-state index in [9.17, 15) is 5.11 Å². The molecule has 3 heteroatoms. The number of hydrogen-bond donors (Lipinski definition) is 1. The third-order valence-electron chi connectivity index (χ3n) is 4.07. The van der Waals surface area contributed by atoms with E-state index >= 15 is 0 Å². The Labute approximate surface area is 120 Å². The van der Waals surface area contributed by atoms with Crippen molar-refractivity contribution in [3.05, 3.63) is 0 Å². The van der Waals surface area contributed by atoms with Crippen LogP contribution in [0.4, 0.5) is 0 Å². The van der Waals surface area contributed by atoms with Gasteiger partial charge in [0, 0.05) is 26.2 Å². The lowest BCUT2D eigenvalue weighted by molar-refractivity contribution is 0.122. The monoisotopic (exact) mass is 270 g/mol. The largest absolute Gasteiger partial charge is 0.393 e. The van der Waals surface area contributed by atoms with Gasteiger partial charge in [-0.3, -0.25) is 0 Å². The Bertz CT molecular complexity index is 229. The van der Waals surface area contributed by atoms with Crippen LogP contribution in [0.25, 0.3) is 0 Å². The zero-order valence-electron chi connectivity index (χ0n) is 13.5. The van der Waals surface area contributed by atoms with E-state index in [1.165, 1.54) is 32.6 Å². The molecule has 1 aliphatic heterocycles. The Kier molecular flexibility index (Phi) is 7.33. The predicted molar refractivity (Wildman–Crippen MR) is 82.5 cm³/mol. The second-order valence-corrected chi connectivity index (χ2v) is 7.39. The molecule has 1 N–H and O–H groups in total. The number of piperazine rings is 1. The minimum Gasteiger partial charge on any atom is -0.393 e. The van der Waals surface area contributed by atoms with Crippen LogP contribution < -0.4 is 0 Å². The SMILES string of the molecule is CN1CCN(CCC[C@H](O)CCCC(C)(C)C)CC1. The number of rotatable bonds is 7. The molecule has 0 radical (unpaired) electrons. The van der Waals surface area contributed by atoms with E-state index in [-0.39, 0.29) is 6.10 Å². The quantitative estimate of drug-likeness (QED) is 0.770. The van der Waals surface area contributed by atoms with Gasteiger partial charge in [-0.15, -0.1) is 0 Å². The average molecular weight is 270 g/mol. The molecule has 3 nitrogen and oxygen atoms in total. The van der Waals surface area contributed by atoms with Crippen molar-refractivity contribution in [1.29, 1.82) is 0 Å². The highest BCUT2D eigenvalue weighted by atomic mass is 16.3. The fraction of sp³-hybridized carbons (Fsp3) is 1.00. The lowest BCUT2D eigenvalue weighted by atomic mass is 9.89. The first-order valence-corrected chi connectivity index (χ1v) is 7.96. The molecule has 0 aromatic heterocycles. The molecule has 1 rings (SSSR count). The van der Waals surface area contributed by atoms with Crippen LogP contribution in [-0.2, 0) is 0 Å². The third-order valence-corrected chi connectivity index (χ3v) is 4.07. The molecular weight excluding hydrogens is 236 g/mol. The average Bonchev–Trinajstić information content (AvgIpc) is 2.30. The number of nitrogens with zero attached hydrogens (tertiary/aromatic N) is 2. The summed E-state index contributed by atoms with van der Waals surface area (Å²) in [4.78, 5) is 4.92. The van der Waals surface area contributed by atoms with E-state index in [0.717, 1.165) is 32.2 Å². The van der Waals surface area contributed by atoms with E-state index in [1.54, 1.807) is 0 Å². The summed E-state index contributed by atoms with van der Waals surface area (Å²) < 4.78 is 0. The summed E-state index contributed by atoms with van der Waals surface area (Å²) in [6, 6.07) is 0. The van der Waals surface area contributed by atoms with Crippen molar-refractivity contribution < 1.29 is 5.11 Å². The van der Waals surface area contributed by atoms with Crippen LogP contribution in [-0.4, -0.2) is 60.8 Å². The van der Waals surface area contributed by atoms with E-state index in [0.29, 0.717) is 5.41 Å². The molecular formula is C16H34N2O. The van der Waals surface area contributed by atoms with Crippen molar-refractivity contribution in [3.63, 3.8) is 0 Å². The molecule has 1 fully saturated rings. The number of aliphatic hydroxyl groups excluding tert-OH is 1. The maximum Gasteiger partial charge on any atom is 0.0540 e. The summed E-state index contributed by atoms with van der Waals surface area (Å²) in [5.41, 5.74) is 0.402. The Morgan fingerprint density at radius 2 is 1.58 bits per heavy atom. The van der Waals surface area contributed by atoms with Crippen LogP contribution >= 0.6 is 0 Å². The van der Waals surface area contributed by atoms with Crippen LogP contribution in [0.2, 0.25) is 0 Å². The Morgan fingerprint density at radius 3 is 2.16 bits per heavy atom. The molecule has 0 bridgehead atoms. The van der Waals surface area contributed by atoms with Crippen LogP contribution in [0, 0.1) is 5.41 Å². The minimum absolute atomic E-state index is 0.0881. The predicted octanol–water partition coefficient (Wildman–Crippen LogP) is 2.59. The molecule has 0 saturated carbocycles. The fourth-order valence-corrected chi connectivity index (χ4v) is 2.63. The second-order valence-electron chi connectivity index (χ2n) is 7.39. The van der Waals surface area contributed by atoms with Crippen molar-refractivity contribution in [2.75, 3.05) is 39.8 Å². The first-order chi connectivity index (χ1) is 8.87. The van der Waals surface area contributed by atoms with Crippen molar-refractivity contribution in [2.45, 2.75) is 59.0 Å². The lowest BCUT2D eigenvalue weighted by Gasteiger charge is -2.32. The molecule has 1 atom stereocenters. The second kappa shape index (κ2) is 8.23. The van der Waals surface area contributed by atoms with Gasteiger partial charge in [0.1, 0.15) is 0 Å². The van der Waals surface area contributed by atoms with Crippen molar-refractivity contribution in [2.24, 2.45) is 5.41 Å². The summed E-state index contributed by atoms with van der Waals surface area (Å²) in [7, 11) is 2.19. The highest BCUT2D eigenvalue weighted by Crippen LogP contribution is 2.22. The van der Waals surface area contributed by atoms with Gasteiger partial charge in [0.05, 0.1) is 6.10 Å². The molecule has 0 amide bonds. The summed E-state index contributed by atoms with van der Waals surface area (Å²) in [5, 5.41) is 9.99. The summed E-state index contributed by atoms with van der Waals surface area (Å²) in [6.45, 7) is 12.7. The molecule has 1 aliphatic rings. The first kappa shape index (κ1) is 16.9. The lowest BCUT2D eigenvalue weighted by Crippen LogP contribution is -2.44.